The van der Waals surface area contributed by atoms with E-state index < -0.39 is 5.60 Å². The van der Waals surface area contributed by atoms with Gasteiger partial charge in [-0.25, -0.2) is 9.97 Å². The Bertz CT molecular complexity index is 1170. The van der Waals surface area contributed by atoms with E-state index in [1.54, 1.807) is 11.3 Å². The summed E-state index contributed by atoms with van der Waals surface area (Å²) in [4.78, 5) is 19.1. The molecule has 0 radical (unpaired) electrons. The van der Waals surface area contributed by atoms with Crippen molar-refractivity contribution in [1.29, 1.82) is 0 Å². The molecule has 3 aliphatic rings. The number of aromatic nitrogens is 4. The molecule has 0 spiro atoms. The van der Waals surface area contributed by atoms with Gasteiger partial charge < -0.3 is 15.7 Å². The Morgan fingerprint density at radius 2 is 1.94 bits per heavy atom. The maximum absolute atomic E-state index is 10.6. The van der Waals surface area contributed by atoms with Gasteiger partial charge in [0.15, 0.2) is 0 Å². The summed E-state index contributed by atoms with van der Waals surface area (Å²) in [6.45, 7) is 4.98. The summed E-state index contributed by atoms with van der Waals surface area (Å²) in [5, 5.41) is 18.7. The molecular formula is C24H30N6OS. The van der Waals surface area contributed by atoms with Gasteiger partial charge in [-0.15, -0.1) is 11.3 Å². The van der Waals surface area contributed by atoms with Crippen LogP contribution in [0.2, 0.25) is 0 Å². The average Bonchev–Trinajstić information content (AvgIpc) is 3.64. The fourth-order valence-corrected chi connectivity index (χ4v) is 6.10. The summed E-state index contributed by atoms with van der Waals surface area (Å²) < 4.78 is 1.13. The van der Waals surface area contributed by atoms with Gasteiger partial charge in [-0.1, -0.05) is 0 Å². The van der Waals surface area contributed by atoms with Gasteiger partial charge in [0.2, 0.25) is 5.95 Å². The number of fused-ring (bicyclic) bond motifs is 1. The highest BCUT2D eigenvalue weighted by atomic mass is 32.1. The Morgan fingerprint density at radius 1 is 1.09 bits per heavy atom. The third kappa shape index (κ3) is 3.83. The molecule has 3 fully saturated rings. The first-order valence-electron chi connectivity index (χ1n) is 11.8. The molecule has 0 bridgehead atoms. The van der Waals surface area contributed by atoms with Gasteiger partial charge in [-0.3, -0.25) is 4.98 Å². The zero-order valence-corrected chi connectivity index (χ0v) is 19.5. The fourth-order valence-electron chi connectivity index (χ4n) is 4.99. The molecule has 2 atom stereocenters. The van der Waals surface area contributed by atoms with Crippen molar-refractivity contribution in [1.82, 2.24) is 19.9 Å². The predicted octanol–water partition coefficient (Wildman–Crippen LogP) is 4.69. The monoisotopic (exact) mass is 450 g/mol. The van der Waals surface area contributed by atoms with Gasteiger partial charge in [0, 0.05) is 18.8 Å². The average molecular weight is 451 g/mol. The van der Waals surface area contributed by atoms with Gasteiger partial charge in [0.1, 0.15) is 16.3 Å². The van der Waals surface area contributed by atoms with Crippen LogP contribution >= 0.6 is 11.3 Å². The van der Waals surface area contributed by atoms with Crippen LogP contribution in [0.3, 0.4) is 0 Å². The highest BCUT2D eigenvalue weighted by Crippen LogP contribution is 2.49. The summed E-state index contributed by atoms with van der Waals surface area (Å²) in [5.74, 6) is 2.70. The number of hydrogen-bond acceptors (Lipinski definition) is 8. The van der Waals surface area contributed by atoms with Crippen LogP contribution in [0.5, 0.6) is 0 Å². The van der Waals surface area contributed by atoms with Gasteiger partial charge in [0.25, 0.3) is 0 Å². The smallest absolute Gasteiger partial charge is 0.224 e. The Labute approximate surface area is 192 Å². The molecule has 0 aliphatic heterocycles. The lowest BCUT2D eigenvalue weighted by molar-refractivity contribution is 0.0847. The first-order chi connectivity index (χ1) is 15.5. The van der Waals surface area contributed by atoms with Crippen LogP contribution < -0.4 is 10.6 Å². The minimum absolute atomic E-state index is 0.312. The molecule has 7 nitrogen and oxygen atoms in total. The maximum Gasteiger partial charge on any atom is 0.224 e. The molecule has 1 unspecified atom stereocenters. The molecule has 3 heterocycles. The van der Waals surface area contributed by atoms with Gasteiger partial charge in [-0.05, 0) is 76.7 Å². The molecule has 0 saturated heterocycles. The van der Waals surface area contributed by atoms with Crippen molar-refractivity contribution >= 4 is 33.3 Å². The second kappa shape index (κ2) is 7.63. The Hall–Kier alpha value is -2.32. The first-order valence-corrected chi connectivity index (χ1v) is 12.6. The van der Waals surface area contributed by atoms with E-state index in [0.29, 0.717) is 17.9 Å². The number of anilines is 2. The van der Waals surface area contributed by atoms with Crippen LogP contribution in [0.4, 0.5) is 11.8 Å². The molecule has 32 heavy (non-hydrogen) atoms. The Morgan fingerprint density at radius 3 is 2.69 bits per heavy atom. The van der Waals surface area contributed by atoms with Crippen molar-refractivity contribution < 1.29 is 5.11 Å². The van der Waals surface area contributed by atoms with Gasteiger partial charge >= 0.3 is 0 Å². The minimum Gasteiger partial charge on any atom is -0.390 e. The summed E-state index contributed by atoms with van der Waals surface area (Å²) in [5.41, 5.74) is 3.40. The number of aliphatic hydroxyl groups is 1. The van der Waals surface area contributed by atoms with Crippen LogP contribution in [0.25, 0.3) is 20.8 Å². The minimum atomic E-state index is -0.407. The molecule has 3 aromatic rings. The molecule has 168 valence electrons. The molecule has 6 rings (SSSR count). The van der Waals surface area contributed by atoms with E-state index in [2.05, 4.69) is 15.6 Å². The van der Waals surface area contributed by atoms with Crippen LogP contribution in [0.15, 0.2) is 12.3 Å². The van der Waals surface area contributed by atoms with E-state index in [0.717, 1.165) is 82.6 Å². The van der Waals surface area contributed by atoms with E-state index >= 15 is 0 Å². The zero-order chi connectivity index (χ0) is 21.9. The van der Waals surface area contributed by atoms with Crippen molar-refractivity contribution in [3.63, 3.8) is 0 Å². The Balaban J connectivity index is 1.34. The molecule has 3 saturated carbocycles. The number of thiazole rings is 1. The number of hydrogen-bond donors (Lipinski definition) is 3. The number of pyridine rings is 1. The first kappa shape index (κ1) is 20.3. The van der Waals surface area contributed by atoms with E-state index in [-0.39, 0.29) is 0 Å². The number of rotatable bonds is 7. The fraction of sp³-hybridized carbons (Fsp3) is 0.583. The lowest BCUT2D eigenvalue weighted by Gasteiger charge is -2.20. The number of aryl methyl sites for hydroxylation is 2. The molecule has 8 heteroatoms. The predicted molar refractivity (Wildman–Crippen MR) is 128 cm³/mol. The molecule has 3 aliphatic carbocycles. The largest absolute Gasteiger partial charge is 0.390 e. The summed E-state index contributed by atoms with van der Waals surface area (Å²) in [6, 6.07) is 2.34. The third-order valence-electron chi connectivity index (χ3n) is 7.34. The topological polar surface area (TPSA) is 95.9 Å². The second-order valence-electron chi connectivity index (χ2n) is 9.90. The van der Waals surface area contributed by atoms with Crippen LogP contribution in [-0.4, -0.2) is 43.2 Å². The summed E-state index contributed by atoms with van der Waals surface area (Å²) in [6.07, 6.45) is 9.46. The highest BCUT2D eigenvalue weighted by Gasteiger charge is 2.50. The molecule has 3 N–H and O–H groups in total. The molecule has 0 aromatic carbocycles. The van der Waals surface area contributed by atoms with Crippen molar-refractivity contribution in [3.05, 3.63) is 23.7 Å². The van der Waals surface area contributed by atoms with E-state index in [4.69, 9.17) is 15.0 Å². The Kier molecular flexibility index (Phi) is 4.84. The lowest BCUT2D eigenvalue weighted by atomic mass is 9.98. The van der Waals surface area contributed by atoms with Crippen molar-refractivity contribution in [2.75, 3.05) is 17.2 Å². The van der Waals surface area contributed by atoms with Gasteiger partial charge in [-0.2, -0.15) is 4.98 Å². The van der Waals surface area contributed by atoms with Crippen LogP contribution in [0.1, 0.15) is 56.3 Å². The maximum atomic E-state index is 10.6. The van der Waals surface area contributed by atoms with E-state index in [1.165, 1.54) is 12.8 Å². The zero-order valence-electron chi connectivity index (χ0n) is 18.7. The second-order valence-corrected chi connectivity index (χ2v) is 10.9. The molecule has 0 amide bonds. The van der Waals surface area contributed by atoms with Gasteiger partial charge in [0.05, 0.1) is 27.3 Å². The molecule has 3 aromatic heterocycles. The van der Waals surface area contributed by atoms with Crippen molar-refractivity contribution in [2.24, 2.45) is 11.8 Å². The SMILES string of the molecule is Cc1nc(NCC2CC2)nc(NC2CC[C@H](C3(O)CC3)C2)c1-c1nc2c(C)nccc2s1. The summed E-state index contributed by atoms with van der Waals surface area (Å²) in [7, 11) is 0. The summed E-state index contributed by atoms with van der Waals surface area (Å²) >= 11 is 1.67. The lowest BCUT2D eigenvalue weighted by Crippen LogP contribution is -2.23. The molecular weight excluding hydrogens is 420 g/mol. The van der Waals surface area contributed by atoms with E-state index in [9.17, 15) is 5.11 Å². The normalized spacial score (nSPS) is 24.1. The van der Waals surface area contributed by atoms with Crippen LogP contribution in [-0.2, 0) is 0 Å². The van der Waals surface area contributed by atoms with Crippen LogP contribution in [0, 0.1) is 25.7 Å². The third-order valence-corrected chi connectivity index (χ3v) is 8.37. The van der Waals surface area contributed by atoms with Crippen molar-refractivity contribution in [2.45, 2.75) is 70.4 Å². The number of nitrogens with zero attached hydrogens (tertiary/aromatic N) is 4. The standard InChI is InChI=1S/C24H30N6OS/c1-13-19(22-29-20-14(2)25-10-7-18(20)32-22)21(30-23(27-13)26-12-15-3-4-15)28-17-6-5-16(11-17)24(31)8-9-24/h7,10,15-17,31H,3-6,8-9,11-12H2,1-2H3,(H2,26,27,28,30)/t16-,17?/m0/s1. The van der Waals surface area contributed by atoms with Crippen molar-refractivity contribution in [3.8, 4) is 10.6 Å². The quantitative estimate of drug-likeness (QED) is 0.480. The highest BCUT2D eigenvalue weighted by molar-refractivity contribution is 7.21. The van der Waals surface area contributed by atoms with E-state index in [1.807, 2.05) is 26.1 Å². The number of nitrogens with one attached hydrogen (secondary N) is 2.